The van der Waals surface area contributed by atoms with E-state index in [-0.39, 0.29) is 24.3 Å². The summed E-state index contributed by atoms with van der Waals surface area (Å²) in [6.07, 6.45) is 2.57. The van der Waals surface area contributed by atoms with E-state index in [1.165, 1.54) is 6.42 Å². The van der Waals surface area contributed by atoms with Crippen LogP contribution in [0.2, 0.25) is 0 Å². The molecule has 1 aromatic rings. The number of benzene rings is 1. The number of fused-ring (bicyclic) bond motifs is 1. The van der Waals surface area contributed by atoms with Gasteiger partial charge in [0.1, 0.15) is 6.04 Å². The Bertz CT molecular complexity index is 860. The SMILES string of the molecule is C[C@]1(CNCc2ccc3c(c2)C(=O)N(C2CCC(=O)NC2=O)C3=O)CCCN1. The number of nitrogens with one attached hydrogen (secondary N) is 3. The number of carbonyl (C=O) groups excluding carboxylic acids is 4. The van der Waals surface area contributed by atoms with Crippen LogP contribution < -0.4 is 16.0 Å². The van der Waals surface area contributed by atoms with Gasteiger partial charge < -0.3 is 10.6 Å². The van der Waals surface area contributed by atoms with E-state index in [0.29, 0.717) is 17.7 Å². The average Bonchev–Trinajstić information content (AvgIpc) is 3.19. The molecule has 0 aromatic heterocycles. The van der Waals surface area contributed by atoms with Crippen molar-refractivity contribution >= 4 is 23.6 Å². The number of hydrogen-bond acceptors (Lipinski definition) is 6. The smallest absolute Gasteiger partial charge is 0.262 e. The van der Waals surface area contributed by atoms with Crippen LogP contribution in [-0.4, -0.2) is 53.2 Å². The molecule has 2 fully saturated rings. The predicted molar refractivity (Wildman–Crippen MR) is 100 cm³/mol. The van der Waals surface area contributed by atoms with E-state index in [2.05, 4.69) is 22.9 Å². The van der Waals surface area contributed by atoms with Crippen molar-refractivity contribution < 1.29 is 19.2 Å². The summed E-state index contributed by atoms with van der Waals surface area (Å²) in [6, 6.07) is 4.27. The van der Waals surface area contributed by atoms with Crippen LogP contribution >= 0.6 is 0 Å². The van der Waals surface area contributed by atoms with Gasteiger partial charge >= 0.3 is 0 Å². The molecular formula is C20H24N4O4. The van der Waals surface area contributed by atoms with E-state index in [4.69, 9.17) is 0 Å². The van der Waals surface area contributed by atoms with Crippen LogP contribution in [0.1, 0.15) is 58.9 Å². The monoisotopic (exact) mass is 384 g/mol. The molecule has 3 N–H and O–H groups in total. The van der Waals surface area contributed by atoms with Crippen LogP contribution in [0.25, 0.3) is 0 Å². The van der Waals surface area contributed by atoms with Crippen LogP contribution in [0.4, 0.5) is 0 Å². The highest BCUT2D eigenvalue weighted by Crippen LogP contribution is 2.28. The minimum atomic E-state index is -0.930. The first kappa shape index (κ1) is 18.8. The normalized spacial score (nSPS) is 27.3. The maximum absolute atomic E-state index is 12.8. The molecule has 0 radical (unpaired) electrons. The Balaban J connectivity index is 1.46. The first-order valence-corrected chi connectivity index (χ1v) is 9.68. The molecule has 0 bridgehead atoms. The Morgan fingerprint density at radius 3 is 2.68 bits per heavy atom. The molecule has 1 unspecified atom stereocenters. The fourth-order valence-electron chi connectivity index (χ4n) is 4.22. The zero-order valence-electron chi connectivity index (χ0n) is 15.8. The second-order valence-electron chi connectivity index (χ2n) is 8.02. The van der Waals surface area contributed by atoms with Crippen molar-refractivity contribution in [3.8, 4) is 0 Å². The number of nitrogens with zero attached hydrogens (tertiary/aromatic N) is 1. The second kappa shape index (κ2) is 7.10. The third kappa shape index (κ3) is 3.33. The summed E-state index contributed by atoms with van der Waals surface area (Å²) < 4.78 is 0. The molecule has 148 valence electrons. The van der Waals surface area contributed by atoms with E-state index in [1.54, 1.807) is 12.1 Å². The molecule has 4 amide bonds. The Hall–Kier alpha value is -2.58. The van der Waals surface area contributed by atoms with Gasteiger partial charge in [-0.3, -0.25) is 29.4 Å². The maximum atomic E-state index is 12.8. The lowest BCUT2D eigenvalue weighted by Crippen LogP contribution is -2.54. The third-order valence-electron chi connectivity index (χ3n) is 5.81. The van der Waals surface area contributed by atoms with Crippen LogP contribution in [0.5, 0.6) is 0 Å². The van der Waals surface area contributed by atoms with E-state index in [1.807, 2.05) is 6.07 Å². The van der Waals surface area contributed by atoms with Crippen molar-refractivity contribution in [2.75, 3.05) is 13.1 Å². The van der Waals surface area contributed by atoms with Crippen LogP contribution in [-0.2, 0) is 16.1 Å². The quantitative estimate of drug-likeness (QED) is 0.631. The topological polar surface area (TPSA) is 108 Å². The van der Waals surface area contributed by atoms with E-state index in [0.717, 1.165) is 30.0 Å². The van der Waals surface area contributed by atoms with Gasteiger partial charge in [-0.2, -0.15) is 0 Å². The van der Waals surface area contributed by atoms with Gasteiger partial charge in [0.15, 0.2) is 0 Å². The highest BCUT2D eigenvalue weighted by molar-refractivity contribution is 6.23. The van der Waals surface area contributed by atoms with E-state index in [9.17, 15) is 19.2 Å². The van der Waals surface area contributed by atoms with E-state index >= 15 is 0 Å². The summed E-state index contributed by atoms with van der Waals surface area (Å²) in [7, 11) is 0. The molecule has 0 aliphatic carbocycles. The fourth-order valence-corrected chi connectivity index (χ4v) is 4.22. The summed E-state index contributed by atoms with van der Waals surface area (Å²) in [5.74, 6) is -1.92. The molecule has 2 saturated heterocycles. The van der Waals surface area contributed by atoms with Gasteiger partial charge in [0.2, 0.25) is 11.8 Å². The molecule has 3 aliphatic rings. The van der Waals surface area contributed by atoms with Crippen LogP contribution in [0.15, 0.2) is 18.2 Å². The Kier molecular flexibility index (Phi) is 4.76. The predicted octanol–water partition coefficient (Wildman–Crippen LogP) is 0.320. The molecule has 2 atom stereocenters. The number of hydrogen-bond donors (Lipinski definition) is 3. The van der Waals surface area contributed by atoms with Gasteiger partial charge in [0, 0.05) is 25.0 Å². The van der Waals surface area contributed by atoms with Crippen LogP contribution in [0, 0.1) is 0 Å². The van der Waals surface area contributed by atoms with Crippen molar-refractivity contribution in [3.05, 3.63) is 34.9 Å². The molecule has 0 spiro atoms. The van der Waals surface area contributed by atoms with Gasteiger partial charge in [-0.15, -0.1) is 0 Å². The Labute approximate surface area is 163 Å². The number of rotatable bonds is 5. The van der Waals surface area contributed by atoms with Gasteiger partial charge in [0.05, 0.1) is 11.1 Å². The summed E-state index contributed by atoms with van der Waals surface area (Å²) >= 11 is 0. The fraction of sp³-hybridized carbons (Fsp3) is 0.500. The largest absolute Gasteiger partial charge is 0.311 e. The summed E-state index contributed by atoms with van der Waals surface area (Å²) in [4.78, 5) is 50.0. The minimum Gasteiger partial charge on any atom is -0.311 e. The van der Waals surface area contributed by atoms with Crippen molar-refractivity contribution in [2.45, 2.75) is 50.7 Å². The van der Waals surface area contributed by atoms with Gasteiger partial charge in [-0.05, 0) is 50.4 Å². The number of carbonyl (C=O) groups is 4. The van der Waals surface area contributed by atoms with Crippen molar-refractivity contribution in [3.63, 3.8) is 0 Å². The summed E-state index contributed by atoms with van der Waals surface area (Å²) in [6.45, 7) is 4.63. The Morgan fingerprint density at radius 1 is 1.18 bits per heavy atom. The summed E-state index contributed by atoms with van der Waals surface area (Å²) in [5, 5.41) is 9.11. The highest BCUT2D eigenvalue weighted by atomic mass is 16.2. The Morgan fingerprint density at radius 2 is 1.96 bits per heavy atom. The lowest BCUT2D eigenvalue weighted by atomic mass is 10.0. The van der Waals surface area contributed by atoms with Gasteiger partial charge in [-0.1, -0.05) is 6.07 Å². The molecule has 0 saturated carbocycles. The second-order valence-corrected chi connectivity index (χ2v) is 8.02. The average molecular weight is 384 g/mol. The molecule has 8 nitrogen and oxygen atoms in total. The van der Waals surface area contributed by atoms with Crippen molar-refractivity contribution in [1.29, 1.82) is 0 Å². The number of imide groups is 2. The zero-order valence-corrected chi connectivity index (χ0v) is 15.8. The molecular weight excluding hydrogens is 360 g/mol. The molecule has 3 aliphatic heterocycles. The third-order valence-corrected chi connectivity index (χ3v) is 5.81. The van der Waals surface area contributed by atoms with Crippen molar-refractivity contribution in [1.82, 2.24) is 20.9 Å². The van der Waals surface area contributed by atoms with E-state index < -0.39 is 23.8 Å². The standard InChI is InChI=1S/C20H24N4O4/c1-20(7-2-8-22-20)11-21-10-12-3-4-13-14(9-12)19(28)24(18(13)27)15-5-6-16(25)23-17(15)26/h3-4,9,15,21-22H,2,5-8,10-11H2,1H3,(H,23,25,26)/t15?,20-/m1/s1. The molecule has 1 aromatic carbocycles. The maximum Gasteiger partial charge on any atom is 0.262 e. The van der Waals surface area contributed by atoms with Crippen molar-refractivity contribution in [2.24, 2.45) is 0 Å². The molecule has 3 heterocycles. The van der Waals surface area contributed by atoms with Gasteiger partial charge in [0.25, 0.3) is 11.8 Å². The highest BCUT2D eigenvalue weighted by Gasteiger charge is 2.44. The summed E-state index contributed by atoms with van der Waals surface area (Å²) in [5.41, 5.74) is 1.62. The molecule has 28 heavy (non-hydrogen) atoms. The molecule has 4 rings (SSSR count). The van der Waals surface area contributed by atoms with Crippen LogP contribution in [0.3, 0.4) is 0 Å². The first-order chi connectivity index (χ1) is 13.4. The molecule has 8 heteroatoms. The van der Waals surface area contributed by atoms with Gasteiger partial charge in [-0.25, -0.2) is 0 Å². The lowest BCUT2D eigenvalue weighted by Gasteiger charge is -2.27. The number of piperidine rings is 1. The zero-order chi connectivity index (χ0) is 19.9. The lowest BCUT2D eigenvalue weighted by molar-refractivity contribution is -0.136. The number of amides is 4. The minimum absolute atomic E-state index is 0.0884. The first-order valence-electron chi connectivity index (χ1n) is 9.68.